The van der Waals surface area contributed by atoms with Gasteiger partial charge in [0, 0.05) is 10.8 Å². The molecule has 0 unspecified atom stereocenters. The Morgan fingerprint density at radius 2 is 1.86 bits per heavy atom. The molecule has 0 amide bonds. The van der Waals surface area contributed by atoms with Gasteiger partial charge in [0.2, 0.25) is 0 Å². The molecule has 0 saturated heterocycles. The Kier molecular flexibility index (Phi) is 5.69. The zero-order chi connectivity index (χ0) is 20.2. The Hall–Kier alpha value is -3.03. The van der Waals surface area contributed by atoms with Crippen molar-refractivity contribution in [3.8, 4) is 5.75 Å². The largest absolute Gasteiger partial charge is 0.486 e. The van der Waals surface area contributed by atoms with Gasteiger partial charge in [-0.1, -0.05) is 11.6 Å². The molecule has 0 spiro atoms. The quantitative estimate of drug-likeness (QED) is 0.303. The smallest absolute Gasteiger partial charge is 0.338 e. The average molecular weight is 429 g/mol. The predicted molar refractivity (Wildman–Crippen MR) is 109 cm³/mol. The van der Waals surface area contributed by atoms with Crippen LogP contribution in [0.1, 0.15) is 21.1 Å². The minimum absolute atomic E-state index is 0.0583. The number of rotatable bonds is 6. The van der Waals surface area contributed by atoms with Crippen LogP contribution in [0, 0.1) is 5.82 Å². The highest BCUT2D eigenvalue weighted by Gasteiger charge is 2.11. The number of esters is 1. The van der Waals surface area contributed by atoms with E-state index in [-0.39, 0.29) is 19.0 Å². The van der Waals surface area contributed by atoms with Crippen LogP contribution in [0.4, 0.5) is 4.39 Å². The topological polar surface area (TPSA) is 61.3 Å². The number of pyridine rings is 1. The number of hydrogen-bond acceptors (Lipinski definition) is 6. The Morgan fingerprint density at radius 3 is 2.69 bits per heavy atom. The summed E-state index contributed by atoms with van der Waals surface area (Å²) in [6.07, 6.45) is 0. The van der Waals surface area contributed by atoms with E-state index in [1.165, 1.54) is 23.5 Å². The van der Waals surface area contributed by atoms with Crippen molar-refractivity contribution in [1.82, 2.24) is 9.97 Å². The molecule has 146 valence electrons. The maximum absolute atomic E-state index is 12.9. The van der Waals surface area contributed by atoms with Crippen LogP contribution >= 0.6 is 22.9 Å². The third kappa shape index (κ3) is 4.88. The van der Waals surface area contributed by atoms with E-state index in [4.69, 9.17) is 21.1 Å². The SMILES string of the molecule is O=C(OCc1csc(COc2ccc(F)cc2)n1)c1ccc2nc(Cl)ccc2c1. The van der Waals surface area contributed by atoms with Crippen LogP contribution in [-0.4, -0.2) is 15.9 Å². The molecule has 2 aromatic carbocycles. The van der Waals surface area contributed by atoms with Crippen molar-refractivity contribution in [2.45, 2.75) is 13.2 Å². The number of fused-ring (bicyclic) bond motifs is 1. The molecule has 2 heterocycles. The predicted octanol–water partition coefficient (Wildman–Crippen LogP) is 5.42. The van der Waals surface area contributed by atoms with Gasteiger partial charge in [0.15, 0.2) is 0 Å². The fourth-order valence-corrected chi connectivity index (χ4v) is 3.45. The Morgan fingerprint density at radius 1 is 1.03 bits per heavy atom. The average Bonchev–Trinajstić information content (AvgIpc) is 3.19. The lowest BCUT2D eigenvalue weighted by atomic mass is 10.1. The first-order valence-electron chi connectivity index (χ1n) is 8.62. The molecule has 0 aliphatic rings. The van der Waals surface area contributed by atoms with Crippen LogP contribution in [-0.2, 0) is 18.0 Å². The van der Waals surface area contributed by atoms with E-state index in [2.05, 4.69) is 9.97 Å². The molecule has 4 aromatic rings. The molecular formula is C21H14ClFN2O3S. The van der Waals surface area contributed by atoms with Gasteiger partial charge in [0.1, 0.15) is 34.9 Å². The fourth-order valence-electron chi connectivity index (χ4n) is 2.61. The van der Waals surface area contributed by atoms with Gasteiger partial charge in [0.25, 0.3) is 0 Å². The van der Waals surface area contributed by atoms with E-state index < -0.39 is 5.97 Å². The molecule has 2 aromatic heterocycles. The second kappa shape index (κ2) is 8.55. The molecular weight excluding hydrogens is 415 g/mol. The zero-order valence-corrected chi connectivity index (χ0v) is 16.5. The summed E-state index contributed by atoms with van der Waals surface area (Å²) in [5.41, 5.74) is 1.77. The third-order valence-electron chi connectivity index (χ3n) is 4.02. The molecule has 0 saturated carbocycles. The van der Waals surface area contributed by atoms with Crippen LogP contribution in [0.25, 0.3) is 10.9 Å². The number of thiazole rings is 1. The summed E-state index contributed by atoms with van der Waals surface area (Å²) in [4.78, 5) is 20.9. The number of carbonyl (C=O) groups excluding carboxylic acids is 1. The van der Waals surface area contributed by atoms with E-state index in [9.17, 15) is 9.18 Å². The number of aromatic nitrogens is 2. The molecule has 0 N–H and O–H groups in total. The Bertz CT molecular complexity index is 1160. The highest BCUT2D eigenvalue weighted by molar-refractivity contribution is 7.09. The van der Waals surface area contributed by atoms with Gasteiger partial charge in [-0.2, -0.15) is 0 Å². The van der Waals surface area contributed by atoms with E-state index >= 15 is 0 Å². The molecule has 29 heavy (non-hydrogen) atoms. The molecule has 0 radical (unpaired) electrons. The third-order valence-corrected chi connectivity index (χ3v) is 5.10. The van der Waals surface area contributed by atoms with Crippen molar-refractivity contribution in [2.24, 2.45) is 0 Å². The molecule has 0 atom stereocenters. The highest BCUT2D eigenvalue weighted by Crippen LogP contribution is 2.19. The molecule has 0 aliphatic heterocycles. The van der Waals surface area contributed by atoms with Crippen molar-refractivity contribution in [3.63, 3.8) is 0 Å². The monoisotopic (exact) mass is 428 g/mol. The van der Waals surface area contributed by atoms with Gasteiger partial charge in [-0.15, -0.1) is 11.3 Å². The number of nitrogens with zero attached hydrogens (tertiary/aromatic N) is 2. The Labute approximate surface area is 174 Å². The number of carbonyl (C=O) groups is 1. The van der Waals surface area contributed by atoms with Crippen LogP contribution in [0.5, 0.6) is 5.75 Å². The minimum Gasteiger partial charge on any atom is -0.486 e. The molecule has 4 rings (SSSR count). The lowest BCUT2D eigenvalue weighted by Crippen LogP contribution is -2.05. The van der Waals surface area contributed by atoms with E-state index in [1.54, 1.807) is 42.5 Å². The van der Waals surface area contributed by atoms with Gasteiger partial charge in [-0.25, -0.2) is 19.2 Å². The summed E-state index contributed by atoms with van der Waals surface area (Å²) in [6.45, 7) is 0.313. The summed E-state index contributed by atoms with van der Waals surface area (Å²) < 4.78 is 23.8. The van der Waals surface area contributed by atoms with Crippen molar-refractivity contribution < 1.29 is 18.7 Å². The maximum Gasteiger partial charge on any atom is 0.338 e. The summed E-state index contributed by atoms with van der Waals surface area (Å²) >= 11 is 7.27. The molecule has 8 heteroatoms. The number of ether oxygens (including phenoxy) is 2. The second-order valence-corrected chi connectivity index (χ2v) is 7.42. The van der Waals surface area contributed by atoms with E-state index in [1.807, 2.05) is 5.38 Å². The van der Waals surface area contributed by atoms with Crippen molar-refractivity contribution in [2.75, 3.05) is 0 Å². The van der Waals surface area contributed by atoms with Gasteiger partial charge in [-0.05, 0) is 54.6 Å². The van der Waals surface area contributed by atoms with Crippen molar-refractivity contribution in [1.29, 1.82) is 0 Å². The van der Waals surface area contributed by atoms with E-state index in [0.29, 0.717) is 27.7 Å². The van der Waals surface area contributed by atoms with Gasteiger partial charge >= 0.3 is 5.97 Å². The zero-order valence-electron chi connectivity index (χ0n) is 15.0. The summed E-state index contributed by atoms with van der Waals surface area (Å²) in [6, 6.07) is 14.3. The lowest BCUT2D eigenvalue weighted by Gasteiger charge is -2.05. The minimum atomic E-state index is -0.445. The molecule has 0 fully saturated rings. The first-order chi connectivity index (χ1) is 14.1. The summed E-state index contributed by atoms with van der Waals surface area (Å²) in [5.74, 6) is -0.206. The molecule has 5 nitrogen and oxygen atoms in total. The van der Waals surface area contributed by atoms with Crippen LogP contribution in [0.2, 0.25) is 5.15 Å². The number of halogens is 2. The van der Waals surface area contributed by atoms with Crippen molar-refractivity contribution >= 4 is 39.8 Å². The highest BCUT2D eigenvalue weighted by atomic mass is 35.5. The van der Waals surface area contributed by atoms with Crippen molar-refractivity contribution in [3.05, 3.63) is 87.2 Å². The Balaban J connectivity index is 1.33. The number of hydrogen-bond donors (Lipinski definition) is 0. The first kappa shape index (κ1) is 19.3. The van der Waals surface area contributed by atoms with Crippen LogP contribution in [0.3, 0.4) is 0 Å². The second-order valence-electron chi connectivity index (χ2n) is 6.09. The summed E-state index contributed by atoms with van der Waals surface area (Å²) in [5, 5.41) is 3.74. The first-order valence-corrected chi connectivity index (χ1v) is 9.88. The standard InChI is InChI=1S/C21H14ClFN2O3S/c22-19-8-2-13-9-14(1-7-18(13)25-19)21(26)28-10-16-12-29-20(24-16)11-27-17-5-3-15(23)4-6-17/h1-9,12H,10-11H2. The van der Waals surface area contributed by atoms with Gasteiger partial charge in [0.05, 0.1) is 16.8 Å². The lowest BCUT2D eigenvalue weighted by molar-refractivity contribution is 0.0468. The van der Waals surface area contributed by atoms with Gasteiger partial charge < -0.3 is 9.47 Å². The summed E-state index contributed by atoms with van der Waals surface area (Å²) in [7, 11) is 0. The fraction of sp³-hybridized carbons (Fsp3) is 0.0952. The molecule has 0 bridgehead atoms. The van der Waals surface area contributed by atoms with Gasteiger partial charge in [-0.3, -0.25) is 0 Å². The number of benzene rings is 2. The van der Waals surface area contributed by atoms with Crippen LogP contribution < -0.4 is 4.74 Å². The van der Waals surface area contributed by atoms with E-state index in [0.717, 1.165) is 10.4 Å². The maximum atomic E-state index is 12.9. The molecule has 0 aliphatic carbocycles. The normalized spacial score (nSPS) is 10.8. The van der Waals surface area contributed by atoms with Crippen LogP contribution in [0.15, 0.2) is 60.0 Å².